The summed E-state index contributed by atoms with van der Waals surface area (Å²) < 4.78 is 13.2. The van der Waals surface area contributed by atoms with Crippen LogP contribution >= 0.6 is 0 Å². The lowest BCUT2D eigenvalue weighted by atomic mass is 10.0. The van der Waals surface area contributed by atoms with Crippen molar-refractivity contribution in [2.24, 2.45) is 0 Å². The number of hydrogen-bond donors (Lipinski definition) is 2. The monoisotopic (exact) mass is 273 g/mol. The van der Waals surface area contributed by atoms with Crippen LogP contribution in [0.15, 0.2) is 42.5 Å². The molecule has 0 aliphatic carbocycles. The van der Waals surface area contributed by atoms with Crippen LogP contribution in [0.5, 0.6) is 0 Å². The molecule has 2 aromatic carbocycles. The zero-order valence-electron chi connectivity index (χ0n) is 11.9. The van der Waals surface area contributed by atoms with Gasteiger partial charge in [0.1, 0.15) is 5.82 Å². The summed E-state index contributed by atoms with van der Waals surface area (Å²) in [5.74, 6) is -0.237. The number of rotatable bonds is 5. The highest BCUT2D eigenvalue weighted by Gasteiger charge is 2.09. The van der Waals surface area contributed by atoms with Crippen molar-refractivity contribution in [3.63, 3.8) is 0 Å². The number of aliphatic hydroxyl groups excluding tert-OH is 1. The van der Waals surface area contributed by atoms with Crippen LogP contribution in [0.1, 0.15) is 29.2 Å². The van der Waals surface area contributed by atoms with E-state index in [4.69, 9.17) is 0 Å². The molecule has 3 heteroatoms. The standard InChI is InChI=1S/C17H20FNO/c1-12-4-3-5-15(10-12)19-9-8-17(20)14-6-7-16(18)13(2)11-14/h3-7,10-11,17,19-20H,8-9H2,1-2H3. The zero-order chi connectivity index (χ0) is 14.5. The minimum absolute atomic E-state index is 0.237. The lowest BCUT2D eigenvalue weighted by Crippen LogP contribution is -2.08. The number of aryl methyl sites for hydroxylation is 2. The molecular formula is C17H20FNO. The Hall–Kier alpha value is -1.87. The fraction of sp³-hybridized carbons (Fsp3) is 0.294. The summed E-state index contributed by atoms with van der Waals surface area (Å²) in [6.07, 6.45) is 0.00514. The molecule has 0 spiro atoms. The molecule has 0 saturated heterocycles. The fourth-order valence-corrected chi connectivity index (χ4v) is 2.15. The summed E-state index contributed by atoms with van der Waals surface area (Å²) in [7, 11) is 0. The van der Waals surface area contributed by atoms with E-state index < -0.39 is 6.10 Å². The van der Waals surface area contributed by atoms with Gasteiger partial charge in [0, 0.05) is 12.2 Å². The summed E-state index contributed by atoms with van der Waals surface area (Å²) in [6, 6.07) is 12.8. The molecule has 0 radical (unpaired) electrons. The van der Waals surface area contributed by atoms with Gasteiger partial charge in [0.05, 0.1) is 6.10 Å². The lowest BCUT2D eigenvalue weighted by molar-refractivity contribution is 0.171. The highest BCUT2D eigenvalue weighted by atomic mass is 19.1. The Labute approximate surface area is 119 Å². The Morgan fingerprint density at radius 1 is 1.15 bits per heavy atom. The Balaban J connectivity index is 1.88. The molecule has 1 atom stereocenters. The molecule has 1 unspecified atom stereocenters. The fourth-order valence-electron chi connectivity index (χ4n) is 2.15. The first kappa shape index (κ1) is 14.5. The van der Waals surface area contributed by atoms with E-state index in [0.717, 1.165) is 11.3 Å². The van der Waals surface area contributed by atoms with Crippen LogP contribution in [0.25, 0.3) is 0 Å². The second-order valence-corrected chi connectivity index (χ2v) is 5.11. The Morgan fingerprint density at radius 2 is 1.95 bits per heavy atom. The summed E-state index contributed by atoms with van der Waals surface area (Å²) in [4.78, 5) is 0. The van der Waals surface area contributed by atoms with Crippen LogP contribution in [0.4, 0.5) is 10.1 Å². The third kappa shape index (κ3) is 3.81. The maximum atomic E-state index is 13.2. The molecule has 0 aliphatic heterocycles. The first-order chi connectivity index (χ1) is 9.56. The van der Waals surface area contributed by atoms with Crippen LogP contribution in [0, 0.1) is 19.7 Å². The van der Waals surface area contributed by atoms with Crippen molar-refractivity contribution in [3.8, 4) is 0 Å². The molecule has 2 rings (SSSR count). The number of nitrogens with one attached hydrogen (secondary N) is 1. The molecule has 20 heavy (non-hydrogen) atoms. The second-order valence-electron chi connectivity index (χ2n) is 5.11. The van der Waals surface area contributed by atoms with Crippen molar-refractivity contribution in [1.29, 1.82) is 0 Å². The highest BCUT2D eigenvalue weighted by Crippen LogP contribution is 2.20. The molecule has 0 amide bonds. The average molecular weight is 273 g/mol. The lowest BCUT2D eigenvalue weighted by Gasteiger charge is -2.13. The van der Waals surface area contributed by atoms with Crippen molar-refractivity contribution in [1.82, 2.24) is 0 Å². The number of benzene rings is 2. The van der Waals surface area contributed by atoms with Gasteiger partial charge in [0.25, 0.3) is 0 Å². The summed E-state index contributed by atoms with van der Waals surface area (Å²) in [6.45, 7) is 4.42. The largest absolute Gasteiger partial charge is 0.388 e. The molecule has 2 N–H and O–H groups in total. The molecule has 0 saturated carbocycles. The molecule has 0 bridgehead atoms. The average Bonchev–Trinajstić information content (AvgIpc) is 2.42. The van der Waals surface area contributed by atoms with Gasteiger partial charge < -0.3 is 10.4 Å². The number of anilines is 1. The maximum Gasteiger partial charge on any atom is 0.126 e. The van der Waals surface area contributed by atoms with Crippen LogP contribution in [-0.2, 0) is 0 Å². The van der Waals surface area contributed by atoms with E-state index in [2.05, 4.69) is 11.4 Å². The predicted octanol–water partition coefficient (Wildman–Crippen LogP) is 3.98. The van der Waals surface area contributed by atoms with Gasteiger partial charge in [-0.25, -0.2) is 4.39 Å². The number of hydrogen-bond acceptors (Lipinski definition) is 2. The van der Waals surface area contributed by atoms with Gasteiger partial charge in [-0.15, -0.1) is 0 Å². The highest BCUT2D eigenvalue weighted by molar-refractivity contribution is 5.45. The molecular weight excluding hydrogens is 253 g/mol. The van der Waals surface area contributed by atoms with Gasteiger partial charge in [-0.05, 0) is 55.2 Å². The Morgan fingerprint density at radius 3 is 2.65 bits per heavy atom. The van der Waals surface area contributed by atoms with E-state index in [1.54, 1.807) is 19.1 Å². The van der Waals surface area contributed by atoms with E-state index in [1.807, 2.05) is 25.1 Å². The number of halogens is 1. The molecule has 0 heterocycles. The molecule has 0 fully saturated rings. The van der Waals surface area contributed by atoms with Gasteiger partial charge in [-0.3, -0.25) is 0 Å². The molecule has 0 aliphatic rings. The SMILES string of the molecule is Cc1cccc(NCCC(O)c2ccc(F)c(C)c2)c1. The molecule has 106 valence electrons. The van der Waals surface area contributed by atoms with E-state index in [1.165, 1.54) is 11.6 Å². The van der Waals surface area contributed by atoms with Crippen molar-refractivity contribution in [2.75, 3.05) is 11.9 Å². The summed E-state index contributed by atoms with van der Waals surface area (Å²) in [5, 5.41) is 13.4. The van der Waals surface area contributed by atoms with Crippen LogP contribution in [0.2, 0.25) is 0 Å². The third-order valence-electron chi connectivity index (χ3n) is 3.33. The normalized spacial score (nSPS) is 12.2. The van der Waals surface area contributed by atoms with Crippen LogP contribution in [-0.4, -0.2) is 11.7 Å². The van der Waals surface area contributed by atoms with Gasteiger partial charge in [-0.2, -0.15) is 0 Å². The first-order valence-corrected chi connectivity index (χ1v) is 6.81. The van der Waals surface area contributed by atoms with E-state index >= 15 is 0 Å². The molecule has 0 aromatic heterocycles. The summed E-state index contributed by atoms with van der Waals surface area (Å²) in [5.41, 5.74) is 3.57. The van der Waals surface area contributed by atoms with Crippen molar-refractivity contribution in [3.05, 3.63) is 65.0 Å². The van der Waals surface area contributed by atoms with Gasteiger partial charge >= 0.3 is 0 Å². The van der Waals surface area contributed by atoms with Crippen molar-refractivity contribution in [2.45, 2.75) is 26.4 Å². The van der Waals surface area contributed by atoms with Crippen molar-refractivity contribution < 1.29 is 9.50 Å². The minimum atomic E-state index is -0.577. The van der Waals surface area contributed by atoms with Gasteiger partial charge in [-0.1, -0.05) is 24.3 Å². The van der Waals surface area contributed by atoms with Crippen LogP contribution < -0.4 is 5.32 Å². The molecule has 2 nitrogen and oxygen atoms in total. The maximum absolute atomic E-state index is 13.2. The van der Waals surface area contributed by atoms with Crippen molar-refractivity contribution >= 4 is 5.69 Å². The quantitative estimate of drug-likeness (QED) is 0.863. The van der Waals surface area contributed by atoms with E-state index in [0.29, 0.717) is 18.5 Å². The third-order valence-corrected chi connectivity index (χ3v) is 3.33. The van der Waals surface area contributed by atoms with E-state index in [-0.39, 0.29) is 5.82 Å². The first-order valence-electron chi connectivity index (χ1n) is 6.81. The number of aliphatic hydroxyl groups is 1. The Bertz CT molecular complexity index is 583. The second kappa shape index (κ2) is 6.53. The topological polar surface area (TPSA) is 32.3 Å². The van der Waals surface area contributed by atoms with Gasteiger partial charge in [0.2, 0.25) is 0 Å². The molecule has 2 aromatic rings. The minimum Gasteiger partial charge on any atom is -0.388 e. The Kier molecular flexibility index (Phi) is 4.74. The van der Waals surface area contributed by atoms with E-state index in [9.17, 15) is 9.50 Å². The predicted molar refractivity (Wildman–Crippen MR) is 80.4 cm³/mol. The van der Waals surface area contributed by atoms with Crippen LogP contribution in [0.3, 0.4) is 0 Å². The smallest absolute Gasteiger partial charge is 0.126 e. The van der Waals surface area contributed by atoms with Gasteiger partial charge in [0.15, 0.2) is 0 Å². The summed E-state index contributed by atoms with van der Waals surface area (Å²) >= 11 is 0. The zero-order valence-corrected chi connectivity index (χ0v) is 11.9.